The Morgan fingerprint density at radius 1 is 1.15 bits per heavy atom. The lowest BCUT2D eigenvalue weighted by molar-refractivity contribution is 0.102. The number of carbonyl (C=O) groups is 1. The molecular weight excluding hydrogens is 406 g/mol. The second-order valence-electron chi connectivity index (χ2n) is 7.16. The van der Waals surface area contributed by atoms with Crippen molar-refractivity contribution in [1.29, 1.82) is 0 Å². The Kier molecular flexibility index (Phi) is 5.37. The highest BCUT2D eigenvalue weighted by Gasteiger charge is 2.22. The van der Waals surface area contributed by atoms with Gasteiger partial charge < -0.3 is 9.30 Å². The molecular formula is C21H22BrN3O2. The van der Waals surface area contributed by atoms with E-state index < -0.39 is 0 Å². The standard InChI is InChI=1S/C21H22BrN3O2/c1-21(2,3)25-13-17(14-8-6-5-7-9-14)23-20(25)24-19(26)15-10-11-18(27-4)16(22)12-15/h5-13H,1-4H3,(H,23,24,26). The summed E-state index contributed by atoms with van der Waals surface area (Å²) in [6.45, 7) is 6.22. The summed E-state index contributed by atoms with van der Waals surface area (Å²) in [6, 6.07) is 15.1. The van der Waals surface area contributed by atoms with Crippen molar-refractivity contribution in [2.75, 3.05) is 12.4 Å². The maximum absolute atomic E-state index is 12.8. The quantitative estimate of drug-likeness (QED) is 0.611. The van der Waals surface area contributed by atoms with E-state index in [1.54, 1.807) is 25.3 Å². The number of anilines is 1. The van der Waals surface area contributed by atoms with Gasteiger partial charge in [0, 0.05) is 22.9 Å². The van der Waals surface area contributed by atoms with Crippen molar-refractivity contribution >= 4 is 27.8 Å². The average molecular weight is 428 g/mol. The molecule has 6 heteroatoms. The highest BCUT2D eigenvalue weighted by molar-refractivity contribution is 9.10. The molecule has 0 fully saturated rings. The summed E-state index contributed by atoms with van der Waals surface area (Å²) in [5.41, 5.74) is 2.11. The fourth-order valence-electron chi connectivity index (χ4n) is 2.71. The van der Waals surface area contributed by atoms with Crippen molar-refractivity contribution < 1.29 is 9.53 Å². The molecule has 0 unspecified atom stereocenters. The summed E-state index contributed by atoms with van der Waals surface area (Å²) in [4.78, 5) is 17.4. The van der Waals surface area contributed by atoms with Gasteiger partial charge in [0.2, 0.25) is 5.95 Å². The number of halogens is 1. The molecule has 0 atom stereocenters. The Bertz CT molecular complexity index is 959. The van der Waals surface area contributed by atoms with Crippen LogP contribution >= 0.6 is 15.9 Å². The first-order valence-corrected chi connectivity index (χ1v) is 9.39. The number of imidazole rings is 1. The molecule has 3 rings (SSSR count). The zero-order valence-electron chi connectivity index (χ0n) is 15.8. The van der Waals surface area contributed by atoms with Gasteiger partial charge >= 0.3 is 0 Å². The van der Waals surface area contributed by atoms with Crippen LogP contribution in [0.25, 0.3) is 11.3 Å². The van der Waals surface area contributed by atoms with E-state index in [2.05, 4.69) is 47.0 Å². The number of hydrogen-bond donors (Lipinski definition) is 1. The van der Waals surface area contributed by atoms with Gasteiger partial charge in [0.05, 0.1) is 17.3 Å². The average Bonchev–Trinajstić information content (AvgIpc) is 3.06. The zero-order chi connectivity index (χ0) is 19.6. The summed E-state index contributed by atoms with van der Waals surface area (Å²) >= 11 is 3.42. The van der Waals surface area contributed by atoms with E-state index >= 15 is 0 Å². The van der Waals surface area contributed by atoms with Crippen LogP contribution in [0, 0.1) is 0 Å². The van der Waals surface area contributed by atoms with E-state index in [1.165, 1.54) is 0 Å². The first-order valence-electron chi connectivity index (χ1n) is 8.60. The third kappa shape index (κ3) is 4.22. The lowest BCUT2D eigenvalue weighted by Crippen LogP contribution is -2.25. The third-order valence-electron chi connectivity index (χ3n) is 4.14. The maximum Gasteiger partial charge on any atom is 0.258 e. The van der Waals surface area contributed by atoms with Crippen molar-refractivity contribution in [3.05, 3.63) is 64.8 Å². The highest BCUT2D eigenvalue weighted by Crippen LogP contribution is 2.28. The molecule has 1 amide bonds. The molecule has 0 spiro atoms. The van der Waals surface area contributed by atoms with Crippen molar-refractivity contribution in [3.63, 3.8) is 0 Å². The van der Waals surface area contributed by atoms with E-state index in [0.717, 1.165) is 15.7 Å². The van der Waals surface area contributed by atoms with Crippen LogP contribution in [0.15, 0.2) is 59.2 Å². The van der Waals surface area contributed by atoms with Gasteiger partial charge in [-0.05, 0) is 54.9 Å². The molecule has 0 aliphatic carbocycles. The Labute approximate surface area is 167 Å². The summed E-state index contributed by atoms with van der Waals surface area (Å²) in [6.07, 6.45) is 1.97. The maximum atomic E-state index is 12.8. The first kappa shape index (κ1) is 19.2. The van der Waals surface area contributed by atoms with E-state index in [4.69, 9.17) is 4.74 Å². The van der Waals surface area contributed by atoms with Crippen LogP contribution < -0.4 is 10.1 Å². The highest BCUT2D eigenvalue weighted by atomic mass is 79.9. The molecule has 1 N–H and O–H groups in total. The lowest BCUT2D eigenvalue weighted by Gasteiger charge is -2.23. The van der Waals surface area contributed by atoms with Crippen LogP contribution in [0.2, 0.25) is 0 Å². The zero-order valence-corrected chi connectivity index (χ0v) is 17.4. The van der Waals surface area contributed by atoms with E-state index in [0.29, 0.717) is 17.3 Å². The van der Waals surface area contributed by atoms with Gasteiger partial charge in [-0.2, -0.15) is 0 Å². The minimum Gasteiger partial charge on any atom is -0.496 e. The van der Waals surface area contributed by atoms with Crippen LogP contribution in [0.4, 0.5) is 5.95 Å². The van der Waals surface area contributed by atoms with Crippen molar-refractivity contribution in [1.82, 2.24) is 9.55 Å². The van der Waals surface area contributed by atoms with E-state index in [9.17, 15) is 4.79 Å². The van der Waals surface area contributed by atoms with E-state index in [1.807, 2.05) is 41.1 Å². The van der Waals surface area contributed by atoms with Gasteiger partial charge in [-0.15, -0.1) is 0 Å². The van der Waals surface area contributed by atoms with Crippen molar-refractivity contribution in [2.24, 2.45) is 0 Å². The Morgan fingerprint density at radius 3 is 2.44 bits per heavy atom. The molecule has 0 bridgehead atoms. The molecule has 2 aromatic carbocycles. The number of amides is 1. The lowest BCUT2D eigenvalue weighted by atomic mass is 10.1. The minimum absolute atomic E-state index is 0.228. The molecule has 140 valence electrons. The van der Waals surface area contributed by atoms with Gasteiger partial charge in [-0.1, -0.05) is 30.3 Å². The van der Waals surface area contributed by atoms with Crippen molar-refractivity contribution in [2.45, 2.75) is 26.3 Å². The molecule has 0 radical (unpaired) electrons. The van der Waals surface area contributed by atoms with Gasteiger partial charge in [0.15, 0.2) is 0 Å². The molecule has 0 saturated carbocycles. The SMILES string of the molecule is COc1ccc(C(=O)Nc2nc(-c3ccccc3)cn2C(C)(C)C)cc1Br. The molecule has 0 aliphatic rings. The molecule has 0 saturated heterocycles. The summed E-state index contributed by atoms with van der Waals surface area (Å²) in [5.74, 6) is 0.960. The number of ether oxygens (including phenoxy) is 1. The fraction of sp³-hybridized carbons (Fsp3) is 0.238. The smallest absolute Gasteiger partial charge is 0.258 e. The number of rotatable bonds is 4. The second-order valence-corrected chi connectivity index (χ2v) is 8.01. The van der Waals surface area contributed by atoms with Gasteiger partial charge in [-0.25, -0.2) is 4.98 Å². The van der Waals surface area contributed by atoms with Gasteiger partial charge in [0.1, 0.15) is 5.75 Å². The van der Waals surface area contributed by atoms with Crippen LogP contribution in [-0.4, -0.2) is 22.6 Å². The number of hydrogen-bond acceptors (Lipinski definition) is 3. The van der Waals surface area contributed by atoms with Crippen LogP contribution in [0.3, 0.4) is 0 Å². The third-order valence-corrected chi connectivity index (χ3v) is 4.76. The molecule has 1 heterocycles. The fourth-order valence-corrected chi connectivity index (χ4v) is 3.25. The van der Waals surface area contributed by atoms with E-state index in [-0.39, 0.29) is 11.4 Å². The summed E-state index contributed by atoms with van der Waals surface area (Å²) < 4.78 is 7.92. The van der Waals surface area contributed by atoms with Crippen molar-refractivity contribution in [3.8, 4) is 17.0 Å². The van der Waals surface area contributed by atoms with Gasteiger partial charge in [-0.3, -0.25) is 10.1 Å². The Balaban J connectivity index is 1.95. The number of benzene rings is 2. The summed E-state index contributed by atoms with van der Waals surface area (Å²) in [5, 5.41) is 2.94. The molecule has 27 heavy (non-hydrogen) atoms. The monoisotopic (exact) mass is 427 g/mol. The minimum atomic E-state index is -0.233. The molecule has 5 nitrogen and oxygen atoms in total. The van der Waals surface area contributed by atoms with Crippen LogP contribution in [0.5, 0.6) is 5.75 Å². The normalized spacial score (nSPS) is 11.3. The first-order chi connectivity index (χ1) is 12.8. The number of aromatic nitrogens is 2. The predicted molar refractivity (Wildman–Crippen MR) is 111 cm³/mol. The number of carbonyl (C=O) groups excluding carboxylic acids is 1. The predicted octanol–water partition coefficient (Wildman–Crippen LogP) is 5.33. The number of nitrogens with zero attached hydrogens (tertiary/aromatic N) is 2. The molecule has 0 aliphatic heterocycles. The van der Waals surface area contributed by atoms with Crippen LogP contribution in [-0.2, 0) is 5.54 Å². The number of methoxy groups -OCH3 is 1. The van der Waals surface area contributed by atoms with Gasteiger partial charge in [0.25, 0.3) is 5.91 Å². The largest absolute Gasteiger partial charge is 0.496 e. The number of nitrogens with one attached hydrogen (secondary N) is 1. The van der Waals surface area contributed by atoms with Crippen LogP contribution in [0.1, 0.15) is 31.1 Å². The summed E-state index contributed by atoms with van der Waals surface area (Å²) in [7, 11) is 1.59. The Morgan fingerprint density at radius 2 is 1.85 bits per heavy atom. The molecule has 1 aromatic heterocycles. The molecule has 3 aromatic rings. The second kappa shape index (κ2) is 7.56. The Hall–Kier alpha value is -2.60. The topological polar surface area (TPSA) is 56.1 Å².